The monoisotopic (exact) mass is 592 g/mol. The number of ketones is 1. The number of carbonyl (C=O) groups is 4. The lowest BCUT2D eigenvalue weighted by atomic mass is 9.98. The van der Waals surface area contributed by atoms with Crippen LogP contribution in [0.1, 0.15) is 35.7 Å². The standard InChI is InChI=1S/C32H32O9S/c1-21(33)18-19-25(34)39-27-26(38-20-22-12-6-3-7-13-22)29(40-30(35)23-14-8-4-9-15-23)32(41-28(27)31(36)37-2)42-24-16-10-5-11-17-24/h3-17,26-29,32H,18-20H2,1-2H3/t26-,27-,28+,29+,32-/m0/s1. The lowest BCUT2D eigenvalue weighted by molar-refractivity contribution is -0.233. The van der Waals surface area contributed by atoms with Crippen molar-refractivity contribution in [1.82, 2.24) is 0 Å². The van der Waals surface area contributed by atoms with Crippen LogP contribution in [0.3, 0.4) is 0 Å². The molecule has 0 radical (unpaired) electrons. The van der Waals surface area contributed by atoms with Crippen LogP contribution in [0.2, 0.25) is 0 Å². The molecule has 4 rings (SSSR count). The molecule has 5 atom stereocenters. The third-order valence-electron chi connectivity index (χ3n) is 6.41. The molecule has 0 spiro atoms. The van der Waals surface area contributed by atoms with Gasteiger partial charge in [-0.15, -0.1) is 0 Å². The van der Waals surface area contributed by atoms with Crippen LogP contribution in [-0.2, 0) is 44.7 Å². The summed E-state index contributed by atoms with van der Waals surface area (Å²) < 4.78 is 29.3. The first kappa shape index (κ1) is 31.0. The minimum Gasteiger partial charge on any atom is -0.467 e. The summed E-state index contributed by atoms with van der Waals surface area (Å²) in [4.78, 5) is 51.5. The largest absolute Gasteiger partial charge is 0.467 e. The second kappa shape index (κ2) is 15.3. The number of hydrogen-bond acceptors (Lipinski definition) is 10. The van der Waals surface area contributed by atoms with Gasteiger partial charge in [0, 0.05) is 11.3 Å². The summed E-state index contributed by atoms with van der Waals surface area (Å²) in [5, 5.41) is 0. The lowest BCUT2D eigenvalue weighted by Gasteiger charge is -2.44. The molecule has 1 saturated heterocycles. The Balaban J connectivity index is 1.73. The minimum absolute atomic E-state index is 0.0380. The second-order valence-corrected chi connectivity index (χ2v) is 10.7. The molecule has 0 aliphatic carbocycles. The Morgan fingerprint density at radius 3 is 2.00 bits per heavy atom. The maximum atomic E-state index is 13.3. The second-order valence-electron chi connectivity index (χ2n) is 9.53. The highest BCUT2D eigenvalue weighted by molar-refractivity contribution is 7.99. The maximum absolute atomic E-state index is 13.3. The van der Waals surface area contributed by atoms with Crippen molar-refractivity contribution in [3.63, 3.8) is 0 Å². The SMILES string of the molecule is COC(=O)[C@@H]1O[C@@H](Sc2ccccc2)[C@H](OC(=O)c2ccccc2)[C@@H](OCc2ccccc2)[C@@H]1OC(=O)CCC(C)=O. The summed E-state index contributed by atoms with van der Waals surface area (Å²) in [6, 6.07) is 26.9. The van der Waals surface area contributed by atoms with E-state index >= 15 is 0 Å². The van der Waals surface area contributed by atoms with Crippen LogP contribution in [0.4, 0.5) is 0 Å². The zero-order valence-corrected chi connectivity index (χ0v) is 24.1. The summed E-state index contributed by atoms with van der Waals surface area (Å²) in [6.45, 7) is 1.42. The van der Waals surface area contributed by atoms with Crippen molar-refractivity contribution < 1.29 is 42.9 Å². The van der Waals surface area contributed by atoms with Crippen molar-refractivity contribution >= 4 is 35.5 Å². The first-order chi connectivity index (χ1) is 20.4. The summed E-state index contributed by atoms with van der Waals surface area (Å²) in [6.07, 6.45) is -5.26. The Kier molecular flexibility index (Phi) is 11.3. The Labute approximate surface area is 248 Å². The van der Waals surface area contributed by atoms with Gasteiger partial charge in [-0.2, -0.15) is 0 Å². The van der Waals surface area contributed by atoms with Crippen molar-refractivity contribution in [3.05, 3.63) is 102 Å². The molecule has 0 N–H and O–H groups in total. The van der Waals surface area contributed by atoms with Crippen LogP contribution in [-0.4, -0.2) is 60.7 Å². The van der Waals surface area contributed by atoms with E-state index < -0.39 is 47.8 Å². The highest BCUT2D eigenvalue weighted by Gasteiger charge is 2.54. The lowest BCUT2D eigenvalue weighted by Crippen LogP contribution is -2.62. The number of benzene rings is 3. The van der Waals surface area contributed by atoms with Crippen LogP contribution >= 0.6 is 11.8 Å². The summed E-state index contributed by atoms with van der Waals surface area (Å²) in [7, 11) is 1.20. The number of esters is 3. The molecule has 1 aliphatic heterocycles. The van der Waals surface area contributed by atoms with Crippen molar-refractivity contribution in [2.24, 2.45) is 0 Å². The number of Topliss-reactive ketones (excluding diaryl/α,β-unsaturated/α-hetero) is 1. The average Bonchev–Trinajstić information content (AvgIpc) is 3.01. The van der Waals surface area contributed by atoms with E-state index in [1.54, 1.807) is 30.3 Å². The van der Waals surface area contributed by atoms with Crippen molar-refractivity contribution in [2.45, 2.75) is 61.1 Å². The fourth-order valence-electron chi connectivity index (χ4n) is 4.31. The average molecular weight is 593 g/mol. The first-order valence-corrected chi connectivity index (χ1v) is 14.3. The van der Waals surface area contributed by atoms with Gasteiger partial charge in [-0.3, -0.25) is 4.79 Å². The Hall–Kier alpha value is -3.99. The molecule has 1 aliphatic rings. The Morgan fingerprint density at radius 1 is 0.762 bits per heavy atom. The molecule has 1 fully saturated rings. The van der Waals surface area contributed by atoms with Gasteiger partial charge in [0.05, 0.1) is 25.7 Å². The van der Waals surface area contributed by atoms with E-state index in [1.807, 2.05) is 60.7 Å². The van der Waals surface area contributed by atoms with Gasteiger partial charge in [0.2, 0.25) is 0 Å². The summed E-state index contributed by atoms with van der Waals surface area (Å²) in [5.74, 6) is -2.36. The number of rotatable bonds is 12. The number of ether oxygens (including phenoxy) is 5. The van der Waals surface area contributed by atoms with E-state index in [-0.39, 0.29) is 25.2 Å². The third-order valence-corrected chi connectivity index (χ3v) is 7.57. The first-order valence-electron chi connectivity index (χ1n) is 13.4. The molecule has 42 heavy (non-hydrogen) atoms. The molecule has 0 unspecified atom stereocenters. The van der Waals surface area contributed by atoms with E-state index in [9.17, 15) is 19.2 Å². The zero-order valence-electron chi connectivity index (χ0n) is 23.3. The van der Waals surface area contributed by atoms with E-state index in [4.69, 9.17) is 23.7 Å². The molecule has 10 heteroatoms. The molecule has 3 aromatic rings. The third kappa shape index (κ3) is 8.51. The quantitative estimate of drug-likeness (QED) is 0.215. The van der Waals surface area contributed by atoms with Gasteiger partial charge in [0.15, 0.2) is 18.3 Å². The summed E-state index contributed by atoms with van der Waals surface area (Å²) in [5.41, 5.74) is 0.158. The molecule has 9 nitrogen and oxygen atoms in total. The molecule has 0 aromatic heterocycles. The van der Waals surface area contributed by atoms with Crippen molar-refractivity contribution in [3.8, 4) is 0 Å². The predicted molar refractivity (Wildman–Crippen MR) is 153 cm³/mol. The fraction of sp³-hybridized carbons (Fsp3) is 0.312. The minimum atomic E-state index is -1.40. The van der Waals surface area contributed by atoms with Gasteiger partial charge in [-0.05, 0) is 36.8 Å². The predicted octanol–water partition coefficient (Wildman–Crippen LogP) is 4.77. The van der Waals surface area contributed by atoms with E-state index in [0.717, 1.165) is 10.5 Å². The highest BCUT2D eigenvalue weighted by Crippen LogP contribution is 2.38. The zero-order chi connectivity index (χ0) is 29.9. The van der Waals surface area contributed by atoms with Crippen LogP contribution in [0, 0.1) is 0 Å². The number of methoxy groups -OCH3 is 1. The van der Waals surface area contributed by atoms with Gasteiger partial charge in [-0.25, -0.2) is 9.59 Å². The molecule has 3 aromatic carbocycles. The number of thioether (sulfide) groups is 1. The molecular formula is C32H32O9S. The Bertz CT molecular complexity index is 1330. The number of hydrogen-bond donors (Lipinski definition) is 0. The fourth-order valence-corrected chi connectivity index (χ4v) is 5.41. The van der Waals surface area contributed by atoms with Crippen molar-refractivity contribution in [1.29, 1.82) is 0 Å². The number of carbonyl (C=O) groups excluding carboxylic acids is 4. The maximum Gasteiger partial charge on any atom is 0.339 e. The van der Waals surface area contributed by atoms with Gasteiger partial charge < -0.3 is 28.5 Å². The highest BCUT2D eigenvalue weighted by atomic mass is 32.2. The normalized spacial score (nSPS) is 21.6. The van der Waals surface area contributed by atoms with Crippen molar-refractivity contribution in [2.75, 3.05) is 7.11 Å². The molecule has 1 heterocycles. The molecule has 0 amide bonds. The molecule has 220 valence electrons. The van der Waals surface area contributed by atoms with Gasteiger partial charge >= 0.3 is 17.9 Å². The van der Waals surface area contributed by atoms with E-state index in [2.05, 4.69) is 0 Å². The van der Waals surface area contributed by atoms with E-state index in [0.29, 0.717) is 5.56 Å². The Morgan fingerprint density at radius 2 is 1.38 bits per heavy atom. The molecular weight excluding hydrogens is 560 g/mol. The smallest absolute Gasteiger partial charge is 0.339 e. The summed E-state index contributed by atoms with van der Waals surface area (Å²) >= 11 is 1.23. The topological polar surface area (TPSA) is 114 Å². The van der Waals surface area contributed by atoms with Crippen LogP contribution in [0.5, 0.6) is 0 Å². The van der Waals surface area contributed by atoms with Crippen LogP contribution < -0.4 is 0 Å². The van der Waals surface area contributed by atoms with Gasteiger partial charge in [-0.1, -0.05) is 78.5 Å². The van der Waals surface area contributed by atoms with E-state index in [1.165, 1.54) is 25.8 Å². The molecule has 0 bridgehead atoms. The van der Waals surface area contributed by atoms with Crippen LogP contribution in [0.15, 0.2) is 95.9 Å². The van der Waals surface area contributed by atoms with Crippen LogP contribution in [0.25, 0.3) is 0 Å². The van der Waals surface area contributed by atoms with Gasteiger partial charge in [0.25, 0.3) is 0 Å². The van der Waals surface area contributed by atoms with Gasteiger partial charge in [0.1, 0.15) is 17.3 Å². The molecule has 0 saturated carbocycles.